The fourth-order valence-electron chi connectivity index (χ4n) is 1.80. The highest BCUT2D eigenvalue weighted by molar-refractivity contribution is 5.81. The third-order valence-corrected chi connectivity index (χ3v) is 3.17. The lowest BCUT2D eigenvalue weighted by Gasteiger charge is -2.19. The molecule has 0 spiro atoms. The molecule has 1 amide bonds. The summed E-state index contributed by atoms with van der Waals surface area (Å²) in [5.74, 6) is 0.266. The number of hydrogen-bond donors (Lipinski definition) is 4. The number of nitrogens with two attached hydrogens (primary N) is 1. The molecule has 1 aliphatic rings. The first-order valence-electron chi connectivity index (χ1n) is 6.00. The minimum absolute atomic E-state index is 0.00657. The summed E-state index contributed by atoms with van der Waals surface area (Å²) >= 11 is 0. The van der Waals surface area contributed by atoms with Gasteiger partial charge in [-0.1, -0.05) is 5.16 Å². The van der Waals surface area contributed by atoms with Crippen molar-refractivity contribution in [2.45, 2.75) is 39.2 Å². The van der Waals surface area contributed by atoms with Crippen LogP contribution in [0.1, 0.15) is 33.1 Å². The summed E-state index contributed by atoms with van der Waals surface area (Å²) in [6.07, 6.45) is 2.69. The predicted octanol–water partition coefficient (Wildman–Crippen LogP) is 0.0173. The number of nitrogens with zero attached hydrogens (tertiary/aromatic N) is 1. The highest BCUT2D eigenvalue weighted by Gasteiger charge is 2.43. The Labute approximate surface area is 102 Å². The van der Waals surface area contributed by atoms with E-state index in [1.807, 2.05) is 13.8 Å². The molecule has 17 heavy (non-hydrogen) atoms. The number of carbonyl (C=O) groups is 1. The molecule has 0 aromatic rings. The molecule has 1 aliphatic carbocycles. The molecule has 6 heteroatoms. The quantitative estimate of drug-likeness (QED) is 0.219. The van der Waals surface area contributed by atoms with Gasteiger partial charge in [-0.15, -0.1) is 0 Å². The van der Waals surface area contributed by atoms with E-state index < -0.39 is 0 Å². The molecule has 0 bridgehead atoms. The molecule has 1 rings (SSSR count). The molecule has 1 saturated carbocycles. The molecule has 0 saturated heterocycles. The Bertz CT molecular complexity index is 300. The summed E-state index contributed by atoms with van der Waals surface area (Å²) < 4.78 is 0. The van der Waals surface area contributed by atoms with Crippen molar-refractivity contribution < 1.29 is 10.0 Å². The maximum Gasteiger partial charge on any atom is 0.236 e. The van der Waals surface area contributed by atoms with E-state index in [4.69, 9.17) is 10.9 Å². The number of hydrogen-bond acceptors (Lipinski definition) is 4. The number of carbonyl (C=O) groups excluding carboxylic acids is 1. The molecule has 0 aliphatic heterocycles. The van der Waals surface area contributed by atoms with Gasteiger partial charge in [0.15, 0.2) is 0 Å². The van der Waals surface area contributed by atoms with Gasteiger partial charge in [0.25, 0.3) is 0 Å². The normalized spacial score (nSPS) is 19.8. The van der Waals surface area contributed by atoms with Gasteiger partial charge in [0.1, 0.15) is 5.84 Å². The van der Waals surface area contributed by atoms with E-state index in [1.54, 1.807) is 0 Å². The predicted molar refractivity (Wildman–Crippen MR) is 65.8 cm³/mol. The zero-order chi connectivity index (χ0) is 12.9. The maximum absolute atomic E-state index is 11.5. The van der Waals surface area contributed by atoms with E-state index in [2.05, 4.69) is 15.8 Å². The Hall–Kier alpha value is -1.30. The fraction of sp³-hybridized carbons (Fsp3) is 0.818. The molecule has 5 N–H and O–H groups in total. The Kier molecular flexibility index (Phi) is 4.74. The standard InChI is InChI=1S/C11H22N4O2/c1-3-13-10(16)8(2)14-7-11(4-5-11)6-9(12)15-17/h8,14,17H,3-7H2,1-2H3,(H2,12,15)(H,13,16). The molecule has 1 fully saturated rings. The van der Waals surface area contributed by atoms with Crippen LogP contribution in [0.25, 0.3) is 0 Å². The lowest BCUT2D eigenvalue weighted by molar-refractivity contribution is -0.122. The Morgan fingerprint density at radius 3 is 2.71 bits per heavy atom. The maximum atomic E-state index is 11.5. The van der Waals surface area contributed by atoms with Crippen molar-refractivity contribution in [3.05, 3.63) is 0 Å². The third-order valence-electron chi connectivity index (χ3n) is 3.17. The van der Waals surface area contributed by atoms with Crippen molar-refractivity contribution in [1.82, 2.24) is 10.6 Å². The summed E-state index contributed by atoms with van der Waals surface area (Å²) in [7, 11) is 0. The lowest BCUT2D eigenvalue weighted by atomic mass is 10.0. The van der Waals surface area contributed by atoms with E-state index in [-0.39, 0.29) is 23.2 Å². The van der Waals surface area contributed by atoms with Crippen LogP contribution < -0.4 is 16.4 Å². The molecule has 1 unspecified atom stereocenters. The second-order valence-electron chi connectivity index (χ2n) is 4.77. The summed E-state index contributed by atoms with van der Waals surface area (Å²) in [6.45, 7) is 5.09. The van der Waals surface area contributed by atoms with Crippen LogP contribution in [0.15, 0.2) is 5.16 Å². The van der Waals surface area contributed by atoms with Crippen LogP contribution in [-0.4, -0.2) is 36.1 Å². The lowest BCUT2D eigenvalue weighted by Crippen LogP contribution is -2.44. The number of rotatable bonds is 7. The molecular weight excluding hydrogens is 220 g/mol. The van der Waals surface area contributed by atoms with Crippen molar-refractivity contribution >= 4 is 11.7 Å². The summed E-state index contributed by atoms with van der Waals surface area (Å²) in [5, 5.41) is 17.5. The van der Waals surface area contributed by atoms with Gasteiger partial charge in [-0.2, -0.15) is 0 Å². The summed E-state index contributed by atoms with van der Waals surface area (Å²) in [6, 6.07) is -0.209. The topological polar surface area (TPSA) is 99.7 Å². The molecule has 0 aromatic carbocycles. The second-order valence-corrected chi connectivity index (χ2v) is 4.77. The van der Waals surface area contributed by atoms with Gasteiger partial charge in [-0.3, -0.25) is 4.79 Å². The molecular formula is C11H22N4O2. The first-order valence-corrected chi connectivity index (χ1v) is 6.00. The fourth-order valence-corrected chi connectivity index (χ4v) is 1.80. The number of oxime groups is 1. The van der Waals surface area contributed by atoms with Crippen molar-refractivity contribution in [2.75, 3.05) is 13.1 Å². The van der Waals surface area contributed by atoms with Crippen molar-refractivity contribution in [3.8, 4) is 0 Å². The highest BCUT2D eigenvalue weighted by atomic mass is 16.4. The van der Waals surface area contributed by atoms with E-state index >= 15 is 0 Å². The van der Waals surface area contributed by atoms with Crippen LogP contribution in [0.3, 0.4) is 0 Å². The van der Waals surface area contributed by atoms with Crippen LogP contribution in [0.5, 0.6) is 0 Å². The van der Waals surface area contributed by atoms with Gasteiger partial charge >= 0.3 is 0 Å². The van der Waals surface area contributed by atoms with Crippen molar-refractivity contribution in [1.29, 1.82) is 0 Å². The van der Waals surface area contributed by atoms with Crippen LogP contribution in [0, 0.1) is 5.41 Å². The second kappa shape index (κ2) is 5.86. The first-order chi connectivity index (χ1) is 8.03. The van der Waals surface area contributed by atoms with Crippen LogP contribution in [-0.2, 0) is 4.79 Å². The molecule has 0 heterocycles. The van der Waals surface area contributed by atoms with Gasteiger partial charge in [-0.25, -0.2) is 0 Å². The number of nitrogens with one attached hydrogen (secondary N) is 2. The van der Waals surface area contributed by atoms with Gasteiger partial charge in [0.05, 0.1) is 6.04 Å². The van der Waals surface area contributed by atoms with Crippen LogP contribution >= 0.6 is 0 Å². The number of amides is 1. The molecule has 1 atom stereocenters. The van der Waals surface area contributed by atoms with Gasteiger partial charge < -0.3 is 21.6 Å². The Balaban J connectivity index is 2.33. The Morgan fingerprint density at radius 1 is 1.59 bits per heavy atom. The minimum atomic E-state index is -0.209. The first kappa shape index (κ1) is 13.8. The average molecular weight is 242 g/mol. The Morgan fingerprint density at radius 2 is 2.24 bits per heavy atom. The number of likely N-dealkylation sites (N-methyl/N-ethyl adjacent to an activating group) is 1. The van der Waals surface area contributed by atoms with Crippen molar-refractivity contribution in [2.24, 2.45) is 16.3 Å². The van der Waals surface area contributed by atoms with E-state index in [1.165, 1.54) is 0 Å². The summed E-state index contributed by atoms with van der Waals surface area (Å²) in [4.78, 5) is 11.5. The SMILES string of the molecule is CCNC(=O)C(C)NCC1(CC(N)=NO)CC1. The smallest absolute Gasteiger partial charge is 0.236 e. The van der Waals surface area contributed by atoms with E-state index in [9.17, 15) is 4.79 Å². The van der Waals surface area contributed by atoms with E-state index in [0.717, 1.165) is 19.4 Å². The molecule has 0 aromatic heterocycles. The van der Waals surface area contributed by atoms with Gasteiger partial charge in [-0.05, 0) is 32.1 Å². The van der Waals surface area contributed by atoms with Crippen LogP contribution in [0.4, 0.5) is 0 Å². The zero-order valence-electron chi connectivity index (χ0n) is 10.5. The molecule has 6 nitrogen and oxygen atoms in total. The van der Waals surface area contributed by atoms with Crippen LogP contribution in [0.2, 0.25) is 0 Å². The third kappa shape index (κ3) is 4.22. The average Bonchev–Trinajstić information content (AvgIpc) is 3.06. The van der Waals surface area contributed by atoms with Gasteiger partial charge in [0, 0.05) is 19.5 Å². The van der Waals surface area contributed by atoms with Gasteiger partial charge in [0.2, 0.25) is 5.91 Å². The van der Waals surface area contributed by atoms with Crippen molar-refractivity contribution in [3.63, 3.8) is 0 Å². The zero-order valence-corrected chi connectivity index (χ0v) is 10.5. The summed E-state index contributed by atoms with van der Waals surface area (Å²) in [5.41, 5.74) is 5.59. The number of amidine groups is 1. The minimum Gasteiger partial charge on any atom is -0.409 e. The van der Waals surface area contributed by atoms with E-state index in [0.29, 0.717) is 13.0 Å². The highest BCUT2D eigenvalue weighted by Crippen LogP contribution is 2.48. The monoisotopic (exact) mass is 242 g/mol. The largest absolute Gasteiger partial charge is 0.409 e. The molecule has 98 valence electrons. The molecule has 0 radical (unpaired) electrons.